The number of benzene rings is 1. The first-order valence-electron chi connectivity index (χ1n) is 7.85. The molecule has 0 saturated carbocycles. The van der Waals surface area contributed by atoms with Crippen LogP contribution in [0.4, 0.5) is 0 Å². The van der Waals surface area contributed by atoms with Crippen LogP contribution in [-0.2, 0) is 13.6 Å². The highest BCUT2D eigenvalue weighted by Gasteiger charge is 2.34. The van der Waals surface area contributed by atoms with E-state index in [1.807, 2.05) is 6.20 Å². The zero-order valence-electron chi connectivity index (χ0n) is 12.7. The zero-order valence-corrected chi connectivity index (χ0v) is 12.7. The molecule has 108 valence electrons. The first kappa shape index (κ1) is 11.5. The Hall–Kier alpha value is -3.01. The third-order valence-corrected chi connectivity index (χ3v) is 5.09. The zero-order chi connectivity index (χ0) is 15.1. The van der Waals surface area contributed by atoms with Gasteiger partial charge in [0.25, 0.3) is 11.2 Å². The molecule has 1 aliphatic rings. The number of imidazole rings is 1. The lowest BCUT2D eigenvalue weighted by atomic mass is 10.1. The molecule has 5 aromatic rings. The van der Waals surface area contributed by atoms with Crippen LogP contribution >= 0.6 is 0 Å². The molecule has 4 nitrogen and oxygen atoms in total. The molecule has 0 unspecified atom stereocenters. The average Bonchev–Trinajstić information content (AvgIpc) is 3.10. The molecule has 4 aromatic heterocycles. The molecule has 5 heterocycles. The van der Waals surface area contributed by atoms with Gasteiger partial charge in [0.1, 0.15) is 19.0 Å². The Bertz CT molecular complexity index is 1300. The lowest BCUT2D eigenvalue weighted by molar-refractivity contribution is -0.644. The number of aryl methyl sites for hydroxylation is 1. The fourth-order valence-corrected chi connectivity index (χ4v) is 4.18. The van der Waals surface area contributed by atoms with Crippen LogP contribution in [0.25, 0.3) is 38.6 Å². The third-order valence-electron chi connectivity index (χ3n) is 5.09. The Kier molecular flexibility index (Phi) is 1.84. The van der Waals surface area contributed by atoms with Crippen LogP contribution in [0.5, 0.6) is 0 Å². The van der Waals surface area contributed by atoms with Gasteiger partial charge < -0.3 is 0 Å². The fraction of sp³-hybridized carbons (Fsp3) is 0.105. The van der Waals surface area contributed by atoms with Gasteiger partial charge in [-0.3, -0.25) is 0 Å². The van der Waals surface area contributed by atoms with Crippen molar-refractivity contribution in [2.45, 2.75) is 6.54 Å². The number of aromatic nitrogens is 4. The molecular weight excluding hydrogens is 284 g/mol. The summed E-state index contributed by atoms with van der Waals surface area (Å²) in [7, 11) is 2.10. The molecule has 0 fully saturated rings. The van der Waals surface area contributed by atoms with E-state index in [-0.39, 0.29) is 0 Å². The SMILES string of the molecule is C[n+]1cccc2c1c1nccc3c1c1n2c2ccccc2[n+]1C3. The molecule has 1 aromatic carbocycles. The van der Waals surface area contributed by atoms with E-state index >= 15 is 0 Å². The second-order valence-electron chi connectivity index (χ2n) is 6.28. The number of rotatable bonds is 0. The van der Waals surface area contributed by atoms with Gasteiger partial charge in [-0.05, 0) is 24.3 Å². The molecule has 1 aliphatic heterocycles. The van der Waals surface area contributed by atoms with Gasteiger partial charge >= 0.3 is 0 Å². The maximum atomic E-state index is 4.74. The first-order chi connectivity index (χ1) is 11.3. The second-order valence-corrected chi connectivity index (χ2v) is 6.28. The number of nitrogens with zero attached hydrogens (tertiary/aromatic N) is 4. The number of hydrogen-bond acceptors (Lipinski definition) is 1. The van der Waals surface area contributed by atoms with Crippen molar-refractivity contribution in [2.75, 3.05) is 0 Å². The minimum absolute atomic E-state index is 0.922. The number of hydrogen-bond donors (Lipinski definition) is 0. The van der Waals surface area contributed by atoms with Crippen molar-refractivity contribution in [1.82, 2.24) is 9.38 Å². The molecule has 4 heteroatoms. The predicted molar refractivity (Wildman–Crippen MR) is 88.2 cm³/mol. The van der Waals surface area contributed by atoms with E-state index in [0.717, 1.165) is 12.1 Å². The van der Waals surface area contributed by atoms with E-state index in [1.54, 1.807) is 0 Å². The van der Waals surface area contributed by atoms with Crippen LogP contribution in [0.1, 0.15) is 5.56 Å². The van der Waals surface area contributed by atoms with Crippen LogP contribution in [0.2, 0.25) is 0 Å². The molecule has 0 aliphatic carbocycles. The van der Waals surface area contributed by atoms with Crippen molar-refractivity contribution in [3.8, 4) is 0 Å². The summed E-state index contributed by atoms with van der Waals surface area (Å²) in [5.74, 6) is 0. The van der Waals surface area contributed by atoms with Gasteiger partial charge in [-0.25, -0.2) is 9.55 Å². The Morgan fingerprint density at radius 1 is 1.04 bits per heavy atom. The normalized spacial score (nSPS) is 13.3. The van der Waals surface area contributed by atoms with E-state index in [2.05, 4.69) is 69.2 Å². The number of pyridine rings is 3. The summed E-state index contributed by atoms with van der Waals surface area (Å²) in [5, 5.41) is 1.29. The van der Waals surface area contributed by atoms with Crippen molar-refractivity contribution < 1.29 is 9.13 Å². The van der Waals surface area contributed by atoms with Crippen LogP contribution in [0.15, 0.2) is 54.9 Å². The highest BCUT2D eigenvalue weighted by Crippen LogP contribution is 2.33. The van der Waals surface area contributed by atoms with Crippen molar-refractivity contribution in [2.24, 2.45) is 7.05 Å². The lowest BCUT2D eigenvalue weighted by Gasteiger charge is -2.01. The van der Waals surface area contributed by atoms with Crippen LogP contribution in [0.3, 0.4) is 0 Å². The Morgan fingerprint density at radius 2 is 1.91 bits per heavy atom. The van der Waals surface area contributed by atoms with Crippen molar-refractivity contribution >= 4 is 38.6 Å². The van der Waals surface area contributed by atoms with Crippen molar-refractivity contribution in [3.05, 3.63) is 60.4 Å². The summed E-state index contributed by atoms with van der Waals surface area (Å²) < 4.78 is 6.99. The molecule has 23 heavy (non-hydrogen) atoms. The lowest BCUT2D eigenvalue weighted by Crippen LogP contribution is -2.30. The molecule has 0 saturated heterocycles. The molecule has 0 atom stereocenters. The van der Waals surface area contributed by atoms with E-state index < -0.39 is 0 Å². The summed E-state index contributed by atoms with van der Waals surface area (Å²) in [6.45, 7) is 0.922. The van der Waals surface area contributed by atoms with Gasteiger partial charge in [-0.15, -0.1) is 0 Å². The minimum Gasteiger partial charge on any atom is -0.249 e. The molecule has 0 radical (unpaired) electrons. The summed E-state index contributed by atoms with van der Waals surface area (Å²) in [5.41, 5.74) is 8.66. The number of fused-ring (bicyclic) bond motifs is 6. The van der Waals surface area contributed by atoms with Gasteiger partial charge in [0.2, 0.25) is 5.52 Å². The van der Waals surface area contributed by atoms with Gasteiger partial charge in [0, 0.05) is 17.8 Å². The van der Waals surface area contributed by atoms with Crippen LogP contribution < -0.4 is 9.13 Å². The Labute approximate surface area is 131 Å². The van der Waals surface area contributed by atoms with Crippen molar-refractivity contribution in [1.29, 1.82) is 0 Å². The third kappa shape index (κ3) is 1.19. The molecule has 0 bridgehead atoms. The van der Waals surface area contributed by atoms with E-state index in [4.69, 9.17) is 4.98 Å². The molecule has 0 spiro atoms. The summed E-state index contributed by atoms with van der Waals surface area (Å²) in [6.07, 6.45) is 4.04. The smallest absolute Gasteiger partial charge is 0.249 e. The standard InChI is InChI=1S/C19H14N4/c1-21-10-4-7-15-18(21)17-16-12(8-9-20-17)11-22-13-5-2-3-6-14(13)23(15)19(16)22/h2-10H,11H2,1H3/q+2. The average molecular weight is 298 g/mol. The predicted octanol–water partition coefficient (Wildman–Crippen LogP) is 2.27. The van der Waals surface area contributed by atoms with Gasteiger partial charge in [0.15, 0.2) is 22.7 Å². The highest BCUT2D eigenvalue weighted by atomic mass is 15.2. The van der Waals surface area contributed by atoms with E-state index in [0.29, 0.717) is 0 Å². The second kappa shape index (κ2) is 3.66. The van der Waals surface area contributed by atoms with Crippen LogP contribution in [0, 0.1) is 0 Å². The summed E-state index contributed by atoms with van der Waals surface area (Å²) in [4.78, 5) is 4.74. The van der Waals surface area contributed by atoms with Crippen molar-refractivity contribution in [3.63, 3.8) is 0 Å². The van der Waals surface area contributed by atoms with E-state index in [9.17, 15) is 0 Å². The Morgan fingerprint density at radius 3 is 2.87 bits per heavy atom. The van der Waals surface area contributed by atoms with Gasteiger partial charge in [0.05, 0.1) is 0 Å². The van der Waals surface area contributed by atoms with E-state index in [1.165, 1.54) is 38.7 Å². The topological polar surface area (TPSA) is 25.1 Å². The van der Waals surface area contributed by atoms with Gasteiger partial charge in [-0.1, -0.05) is 12.1 Å². The quantitative estimate of drug-likeness (QED) is 0.312. The number of para-hydroxylation sites is 2. The monoisotopic (exact) mass is 298 g/mol. The molecule has 0 amide bonds. The van der Waals surface area contributed by atoms with Gasteiger partial charge in [-0.2, -0.15) is 8.97 Å². The Balaban J connectivity index is 2.13. The first-order valence-corrected chi connectivity index (χ1v) is 7.85. The molecule has 0 N–H and O–H groups in total. The maximum Gasteiger partial charge on any atom is 0.298 e. The largest absolute Gasteiger partial charge is 0.298 e. The summed E-state index contributed by atoms with van der Waals surface area (Å²) >= 11 is 0. The summed E-state index contributed by atoms with van der Waals surface area (Å²) in [6, 6.07) is 15.1. The fourth-order valence-electron chi connectivity index (χ4n) is 4.18. The van der Waals surface area contributed by atoms with Crippen LogP contribution in [-0.4, -0.2) is 9.38 Å². The maximum absolute atomic E-state index is 4.74. The molecule has 6 rings (SSSR count). The minimum atomic E-state index is 0.922. The highest BCUT2D eigenvalue weighted by molar-refractivity contribution is 6.09. The molecular formula is C19H14N4+2.